The molecule has 0 unspecified atom stereocenters. The van der Waals surface area contributed by atoms with E-state index >= 15 is 0 Å². The normalized spacial score (nSPS) is 28.2. The second kappa shape index (κ2) is 11.1. The van der Waals surface area contributed by atoms with E-state index in [0.717, 1.165) is 64.6 Å². The molecule has 0 N–H and O–H groups in total. The maximum absolute atomic E-state index is 13.8. The topological polar surface area (TPSA) is 49.9 Å². The Kier molecular flexibility index (Phi) is 8.58. The Morgan fingerprint density at radius 2 is 1.90 bits per heavy atom. The molecule has 1 saturated carbocycles. The van der Waals surface area contributed by atoms with Crippen molar-refractivity contribution in [3.05, 3.63) is 12.7 Å². The summed E-state index contributed by atoms with van der Waals surface area (Å²) in [5.41, 5.74) is 0. The highest BCUT2D eigenvalue weighted by molar-refractivity contribution is 5.88. The Bertz CT molecular complexity index is 558. The first kappa shape index (κ1) is 22.3. The van der Waals surface area contributed by atoms with Crippen molar-refractivity contribution in [2.45, 2.75) is 89.6 Å². The van der Waals surface area contributed by atoms with Crippen molar-refractivity contribution in [1.82, 2.24) is 9.80 Å². The van der Waals surface area contributed by atoms with Crippen LogP contribution >= 0.6 is 0 Å². The van der Waals surface area contributed by atoms with Crippen molar-refractivity contribution in [1.29, 1.82) is 0 Å². The molecule has 0 bridgehead atoms. The van der Waals surface area contributed by atoms with Gasteiger partial charge in [0.15, 0.2) is 0 Å². The summed E-state index contributed by atoms with van der Waals surface area (Å²) in [5.74, 6) is 0.775. The van der Waals surface area contributed by atoms with Crippen molar-refractivity contribution in [2.75, 3.05) is 26.2 Å². The van der Waals surface area contributed by atoms with Crippen LogP contribution in [0, 0.1) is 11.8 Å². The molecule has 5 heteroatoms. The Balaban J connectivity index is 1.71. The van der Waals surface area contributed by atoms with E-state index in [-0.39, 0.29) is 24.0 Å². The monoisotopic (exact) mass is 404 g/mol. The van der Waals surface area contributed by atoms with Gasteiger partial charge in [0, 0.05) is 6.54 Å². The van der Waals surface area contributed by atoms with Crippen LogP contribution in [0.4, 0.5) is 0 Å². The van der Waals surface area contributed by atoms with Crippen molar-refractivity contribution < 1.29 is 14.3 Å². The minimum atomic E-state index is -0.358. The first-order valence-electron chi connectivity index (χ1n) is 12.0. The summed E-state index contributed by atoms with van der Waals surface area (Å²) < 4.78 is 5.41. The largest absolute Gasteiger partial charge is 0.464 e. The molecule has 3 aliphatic rings. The molecule has 0 radical (unpaired) electrons. The third-order valence-corrected chi connectivity index (χ3v) is 7.20. The van der Waals surface area contributed by atoms with Crippen LogP contribution in [-0.2, 0) is 14.3 Å². The predicted octanol–water partition coefficient (Wildman–Crippen LogP) is 4.17. The maximum atomic E-state index is 13.8. The summed E-state index contributed by atoms with van der Waals surface area (Å²) in [4.78, 5) is 30.9. The van der Waals surface area contributed by atoms with Crippen molar-refractivity contribution in [3.8, 4) is 0 Å². The van der Waals surface area contributed by atoms with Crippen molar-refractivity contribution in [3.63, 3.8) is 0 Å². The van der Waals surface area contributed by atoms with Crippen LogP contribution in [0.3, 0.4) is 0 Å². The predicted molar refractivity (Wildman–Crippen MR) is 115 cm³/mol. The minimum absolute atomic E-state index is 0.0743. The number of amides is 1. The lowest BCUT2D eigenvalue weighted by atomic mass is 9.94. The number of esters is 1. The van der Waals surface area contributed by atoms with Crippen LogP contribution in [0.25, 0.3) is 0 Å². The molecule has 4 atom stereocenters. The molecule has 0 aromatic carbocycles. The third kappa shape index (κ3) is 5.42. The number of hydrogen-bond acceptors (Lipinski definition) is 4. The SMILES string of the molecule is C=CCCCCC[C@@H](C(=O)N1C[C@@H]2CCC[C@@H]2[C@H]1C(=O)OCC)N1CCCCC1. The zero-order valence-corrected chi connectivity index (χ0v) is 18.3. The third-order valence-electron chi connectivity index (χ3n) is 7.20. The number of hydrogen-bond donors (Lipinski definition) is 0. The molecule has 1 aliphatic carbocycles. The Labute approximate surface area is 176 Å². The molecule has 0 aromatic heterocycles. The Morgan fingerprint density at radius 1 is 1.10 bits per heavy atom. The van der Waals surface area contributed by atoms with Crippen LogP contribution < -0.4 is 0 Å². The molecule has 164 valence electrons. The second-order valence-electron chi connectivity index (χ2n) is 9.08. The molecule has 0 spiro atoms. The molecule has 3 rings (SSSR count). The number of ether oxygens (including phenoxy) is 1. The van der Waals surface area contributed by atoms with Gasteiger partial charge in [-0.15, -0.1) is 6.58 Å². The molecule has 5 nitrogen and oxygen atoms in total. The lowest BCUT2D eigenvalue weighted by Crippen LogP contribution is -2.54. The van der Waals surface area contributed by atoms with Gasteiger partial charge in [0.2, 0.25) is 5.91 Å². The highest BCUT2D eigenvalue weighted by Gasteiger charge is 2.51. The summed E-state index contributed by atoms with van der Waals surface area (Å²) in [6.07, 6.45) is 14.2. The molecule has 3 fully saturated rings. The molecule has 0 aromatic rings. The molecule has 1 amide bonds. The van der Waals surface area contributed by atoms with Gasteiger partial charge >= 0.3 is 5.97 Å². The first-order valence-corrected chi connectivity index (χ1v) is 12.0. The van der Waals surface area contributed by atoms with E-state index in [1.165, 1.54) is 25.7 Å². The second-order valence-corrected chi connectivity index (χ2v) is 9.08. The van der Waals surface area contributed by atoms with E-state index in [2.05, 4.69) is 11.5 Å². The van der Waals surface area contributed by atoms with E-state index < -0.39 is 0 Å². The van der Waals surface area contributed by atoms with Gasteiger partial charge in [-0.1, -0.05) is 31.8 Å². The van der Waals surface area contributed by atoms with E-state index in [1.807, 2.05) is 17.9 Å². The summed E-state index contributed by atoms with van der Waals surface area (Å²) in [5, 5.41) is 0. The van der Waals surface area contributed by atoms with E-state index in [0.29, 0.717) is 18.4 Å². The van der Waals surface area contributed by atoms with Crippen LogP contribution in [-0.4, -0.2) is 60.0 Å². The summed E-state index contributed by atoms with van der Waals surface area (Å²) in [6.45, 7) is 8.80. The summed E-state index contributed by atoms with van der Waals surface area (Å²) >= 11 is 0. The number of rotatable bonds is 10. The van der Waals surface area contributed by atoms with Crippen molar-refractivity contribution in [2.24, 2.45) is 11.8 Å². The average Bonchev–Trinajstić information content (AvgIpc) is 3.32. The maximum Gasteiger partial charge on any atom is 0.329 e. The van der Waals surface area contributed by atoms with Crippen LogP contribution in [0.15, 0.2) is 12.7 Å². The van der Waals surface area contributed by atoms with E-state index in [9.17, 15) is 9.59 Å². The number of carbonyl (C=O) groups excluding carboxylic acids is 2. The van der Waals surface area contributed by atoms with Crippen LogP contribution in [0.1, 0.15) is 77.6 Å². The zero-order chi connectivity index (χ0) is 20.6. The highest BCUT2D eigenvalue weighted by Crippen LogP contribution is 2.43. The number of carbonyl (C=O) groups is 2. The molecular formula is C24H40N2O3. The van der Waals surface area contributed by atoms with Gasteiger partial charge in [0.05, 0.1) is 12.6 Å². The fraction of sp³-hybridized carbons (Fsp3) is 0.833. The number of piperidine rings is 1. The van der Waals surface area contributed by atoms with Gasteiger partial charge in [0.1, 0.15) is 6.04 Å². The number of fused-ring (bicyclic) bond motifs is 1. The molecular weight excluding hydrogens is 364 g/mol. The smallest absolute Gasteiger partial charge is 0.329 e. The first-order chi connectivity index (χ1) is 14.2. The Hall–Kier alpha value is -1.36. The quantitative estimate of drug-likeness (QED) is 0.312. The summed E-state index contributed by atoms with van der Waals surface area (Å²) in [6, 6.07) is -0.433. The molecule has 29 heavy (non-hydrogen) atoms. The Morgan fingerprint density at radius 3 is 2.62 bits per heavy atom. The average molecular weight is 405 g/mol. The standard InChI is InChI=1S/C24H40N2O3/c1-3-5-6-7-9-15-21(25-16-10-8-11-17-25)23(27)26-18-19-13-12-14-20(19)22(26)24(28)29-4-2/h3,19-22H,1,4-18H2,2H3/t19-,20-,21-,22-/m0/s1. The molecule has 2 aliphatic heterocycles. The van der Waals surface area contributed by atoms with E-state index in [1.54, 1.807) is 0 Å². The van der Waals surface area contributed by atoms with Gasteiger partial charge < -0.3 is 9.64 Å². The minimum Gasteiger partial charge on any atom is -0.464 e. The van der Waals surface area contributed by atoms with Crippen molar-refractivity contribution >= 4 is 11.9 Å². The summed E-state index contributed by atoms with van der Waals surface area (Å²) in [7, 11) is 0. The van der Waals surface area contributed by atoms with Gasteiger partial charge in [-0.3, -0.25) is 9.69 Å². The number of unbranched alkanes of at least 4 members (excludes halogenated alkanes) is 3. The van der Waals surface area contributed by atoms with Crippen LogP contribution in [0.5, 0.6) is 0 Å². The fourth-order valence-corrected chi connectivity index (χ4v) is 5.75. The van der Waals surface area contributed by atoms with E-state index in [4.69, 9.17) is 4.74 Å². The highest BCUT2D eigenvalue weighted by atomic mass is 16.5. The van der Waals surface area contributed by atoms with Gasteiger partial charge in [-0.2, -0.15) is 0 Å². The number of likely N-dealkylation sites (tertiary alicyclic amines) is 2. The lowest BCUT2D eigenvalue weighted by Gasteiger charge is -2.37. The number of allylic oxidation sites excluding steroid dienone is 1. The van der Waals surface area contributed by atoms with Crippen LogP contribution in [0.2, 0.25) is 0 Å². The molecule has 2 heterocycles. The fourth-order valence-electron chi connectivity index (χ4n) is 5.75. The number of nitrogens with zero attached hydrogens (tertiary/aromatic N) is 2. The van der Waals surface area contributed by atoms with Gasteiger partial charge in [-0.25, -0.2) is 4.79 Å². The van der Waals surface area contributed by atoms with Gasteiger partial charge in [0.25, 0.3) is 0 Å². The molecule has 2 saturated heterocycles. The lowest BCUT2D eigenvalue weighted by molar-refractivity contribution is -0.156. The zero-order valence-electron chi connectivity index (χ0n) is 18.3. The van der Waals surface area contributed by atoms with Gasteiger partial charge in [-0.05, 0) is 76.8 Å².